The second kappa shape index (κ2) is 6.93. The van der Waals surface area contributed by atoms with Crippen molar-refractivity contribution in [3.8, 4) is 0 Å². The molecule has 1 amide bonds. The molecule has 0 atom stereocenters. The summed E-state index contributed by atoms with van der Waals surface area (Å²) in [5.74, 6) is 0. The van der Waals surface area contributed by atoms with Crippen molar-refractivity contribution in [2.24, 2.45) is 0 Å². The summed E-state index contributed by atoms with van der Waals surface area (Å²) in [6.07, 6.45) is -2.96. The van der Waals surface area contributed by atoms with Crippen LogP contribution in [0.1, 0.15) is 5.56 Å². The molecule has 11 heteroatoms. The number of amides is 1. The van der Waals surface area contributed by atoms with Crippen LogP contribution in [0.25, 0.3) is 11.2 Å². The third-order valence-electron chi connectivity index (χ3n) is 4.58. The van der Waals surface area contributed by atoms with Crippen molar-refractivity contribution in [3.63, 3.8) is 0 Å². The van der Waals surface area contributed by atoms with E-state index >= 15 is 0 Å². The molecule has 0 aliphatic carbocycles. The quantitative estimate of drug-likeness (QED) is 0.616. The molecular formula is C17H14ClF3N6O. The van der Waals surface area contributed by atoms with Crippen molar-refractivity contribution in [1.82, 2.24) is 24.9 Å². The second-order valence-corrected chi connectivity index (χ2v) is 6.67. The minimum atomic E-state index is -4.52. The zero-order chi connectivity index (χ0) is 19.9. The van der Waals surface area contributed by atoms with E-state index in [-0.39, 0.29) is 11.1 Å². The summed E-state index contributed by atoms with van der Waals surface area (Å²) in [6, 6.07) is 6.87. The van der Waals surface area contributed by atoms with Gasteiger partial charge in [0.15, 0.2) is 0 Å². The van der Waals surface area contributed by atoms with Crippen LogP contribution in [0, 0.1) is 0 Å². The molecule has 28 heavy (non-hydrogen) atoms. The summed E-state index contributed by atoms with van der Waals surface area (Å²) in [6.45, 7) is 1.44. The minimum Gasteiger partial charge on any atom is -0.368 e. The largest absolute Gasteiger partial charge is 0.417 e. The van der Waals surface area contributed by atoms with Crippen molar-refractivity contribution in [1.29, 1.82) is 0 Å². The van der Waals surface area contributed by atoms with Crippen molar-refractivity contribution in [3.05, 3.63) is 47.1 Å². The molecule has 3 heterocycles. The Bertz CT molecular complexity index is 1030. The third-order valence-corrected chi connectivity index (χ3v) is 4.90. The normalized spacial score (nSPS) is 15.3. The number of halogens is 4. The van der Waals surface area contributed by atoms with Crippen LogP contribution < -0.4 is 4.90 Å². The molecule has 0 N–H and O–H groups in total. The van der Waals surface area contributed by atoms with Gasteiger partial charge in [-0.15, -0.1) is 5.10 Å². The number of piperazine rings is 1. The summed E-state index contributed by atoms with van der Waals surface area (Å²) >= 11 is 5.68. The predicted molar refractivity (Wildman–Crippen MR) is 96.4 cm³/mol. The number of carbonyl (C=O) groups excluding carboxylic acids is 1. The fraction of sp³-hybridized carbons (Fsp3) is 0.294. The van der Waals surface area contributed by atoms with Crippen LogP contribution in [-0.2, 0) is 6.18 Å². The van der Waals surface area contributed by atoms with Crippen LogP contribution in [0.2, 0.25) is 5.02 Å². The molecule has 0 spiro atoms. The molecule has 0 bridgehead atoms. The SMILES string of the molecule is O=C(N1CCN(c2ccc(Cl)c(C(F)(F)F)c2)CC1)n1nnc2ncccc21. The van der Waals surface area contributed by atoms with Crippen molar-refractivity contribution in [2.75, 3.05) is 31.1 Å². The minimum absolute atomic E-state index is 0.336. The number of pyridine rings is 1. The summed E-state index contributed by atoms with van der Waals surface area (Å²) in [4.78, 5) is 20.1. The Morgan fingerprint density at radius 2 is 1.86 bits per heavy atom. The highest BCUT2D eigenvalue weighted by atomic mass is 35.5. The zero-order valence-electron chi connectivity index (χ0n) is 14.4. The van der Waals surface area contributed by atoms with E-state index < -0.39 is 11.7 Å². The molecule has 1 aromatic carbocycles. The standard InChI is InChI=1S/C17H14ClF3N6O/c18-13-4-3-11(10-12(13)17(19,20)21)25-6-8-26(9-7-25)16(28)27-14-2-1-5-22-15(14)23-24-27/h1-5,10H,6-9H2. The summed E-state index contributed by atoms with van der Waals surface area (Å²) in [5.41, 5.74) is 0.420. The summed E-state index contributed by atoms with van der Waals surface area (Å²) in [5, 5.41) is 7.38. The van der Waals surface area contributed by atoms with Crippen LogP contribution >= 0.6 is 11.6 Å². The zero-order valence-corrected chi connectivity index (χ0v) is 15.2. The molecule has 0 unspecified atom stereocenters. The van der Waals surface area contributed by atoms with Gasteiger partial charge in [-0.25, -0.2) is 9.78 Å². The van der Waals surface area contributed by atoms with Crippen molar-refractivity contribution in [2.45, 2.75) is 6.18 Å². The average Bonchev–Trinajstić information content (AvgIpc) is 3.11. The van der Waals surface area contributed by atoms with Crippen LogP contribution in [0.15, 0.2) is 36.5 Å². The van der Waals surface area contributed by atoms with Gasteiger partial charge >= 0.3 is 12.2 Å². The highest BCUT2D eigenvalue weighted by Crippen LogP contribution is 2.37. The lowest BCUT2D eigenvalue weighted by atomic mass is 10.1. The molecule has 2 aromatic heterocycles. The predicted octanol–water partition coefficient (Wildman–Crippen LogP) is 3.29. The number of benzene rings is 1. The van der Waals surface area contributed by atoms with Gasteiger partial charge in [-0.3, -0.25) is 0 Å². The van der Waals surface area contributed by atoms with E-state index in [2.05, 4.69) is 15.3 Å². The van der Waals surface area contributed by atoms with Gasteiger partial charge < -0.3 is 9.80 Å². The van der Waals surface area contributed by atoms with Gasteiger partial charge in [0.1, 0.15) is 5.52 Å². The van der Waals surface area contributed by atoms with E-state index in [1.165, 1.54) is 10.7 Å². The molecule has 146 valence electrons. The number of carbonyl (C=O) groups is 1. The van der Waals surface area contributed by atoms with Crippen molar-refractivity contribution >= 4 is 34.5 Å². The molecule has 4 rings (SSSR count). The van der Waals surface area contributed by atoms with E-state index in [1.54, 1.807) is 34.2 Å². The Morgan fingerprint density at radius 1 is 1.11 bits per heavy atom. The molecule has 1 aliphatic rings. The lowest BCUT2D eigenvalue weighted by molar-refractivity contribution is -0.137. The Hall–Kier alpha value is -2.88. The Labute approximate surface area is 162 Å². The molecule has 1 fully saturated rings. The van der Waals surface area contributed by atoms with Gasteiger partial charge in [0.2, 0.25) is 5.65 Å². The summed E-state index contributed by atoms with van der Waals surface area (Å²) in [7, 11) is 0. The van der Waals surface area contributed by atoms with Gasteiger partial charge in [0, 0.05) is 38.1 Å². The third kappa shape index (κ3) is 3.35. The molecule has 1 saturated heterocycles. The number of anilines is 1. The molecule has 0 saturated carbocycles. The second-order valence-electron chi connectivity index (χ2n) is 6.27. The smallest absolute Gasteiger partial charge is 0.368 e. The highest BCUT2D eigenvalue weighted by Gasteiger charge is 2.34. The number of fused-ring (bicyclic) bond motifs is 1. The lowest BCUT2D eigenvalue weighted by Gasteiger charge is -2.36. The van der Waals surface area contributed by atoms with Crippen LogP contribution in [0.5, 0.6) is 0 Å². The lowest BCUT2D eigenvalue weighted by Crippen LogP contribution is -2.50. The first-order valence-corrected chi connectivity index (χ1v) is 8.80. The van der Waals surface area contributed by atoms with E-state index in [4.69, 9.17) is 11.6 Å². The number of rotatable bonds is 1. The van der Waals surface area contributed by atoms with E-state index in [1.807, 2.05) is 0 Å². The number of aromatic nitrogens is 4. The molecule has 7 nitrogen and oxygen atoms in total. The molecule has 1 aliphatic heterocycles. The van der Waals surface area contributed by atoms with Gasteiger partial charge in [-0.1, -0.05) is 16.8 Å². The Kier molecular flexibility index (Phi) is 4.58. The number of hydrogen-bond acceptors (Lipinski definition) is 5. The maximum Gasteiger partial charge on any atom is 0.417 e. The molecular weight excluding hydrogens is 397 g/mol. The van der Waals surface area contributed by atoms with E-state index in [0.717, 1.165) is 6.07 Å². The maximum atomic E-state index is 13.1. The van der Waals surface area contributed by atoms with Crippen LogP contribution in [-0.4, -0.2) is 57.1 Å². The Balaban J connectivity index is 1.48. The van der Waals surface area contributed by atoms with Crippen LogP contribution in [0.4, 0.5) is 23.7 Å². The fourth-order valence-electron chi connectivity index (χ4n) is 3.12. The molecule has 0 radical (unpaired) electrons. The van der Waals surface area contributed by atoms with E-state index in [9.17, 15) is 18.0 Å². The van der Waals surface area contributed by atoms with Gasteiger partial charge in [-0.05, 0) is 30.3 Å². The Morgan fingerprint density at radius 3 is 2.57 bits per heavy atom. The first-order chi connectivity index (χ1) is 13.3. The fourth-order valence-corrected chi connectivity index (χ4v) is 3.35. The first-order valence-electron chi connectivity index (χ1n) is 8.42. The average molecular weight is 411 g/mol. The summed E-state index contributed by atoms with van der Waals surface area (Å²) < 4.78 is 40.4. The van der Waals surface area contributed by atoms with Gasteiger partial charge in [-0.2, -0.15) is 17.9 Å². The number of alkyl halides is 3. The topological polar surface area (TPSA) is 67.2 Å². The molecule has 3 aromatic rings. The van der Waals surface area contributed by atoms with Crippen molar-refractivity contribution < 1.29 is 18.0 Å². The van der Waals surface area contributed by atoms with E-state index in [0.29, 0.717) is 43.0 Å². The number of hydrogen-bond donors (Lipinski definition) is 0. The highest BCUT2D eigenvalue weighted by molar-refractivity contribution is 6.31. The first kappa shape index (κ1) is 18.5. The maximum absolute atomic E-state index is 13.1. The monoisotopic (exact) mass is 410 g/mol. The van der Waals surface area contributed by atoms with Gasteiger partial charge in [0.25, 0.3) is 0 Å². The van der Waals surface area contributed by atoms with Gasteiger partial charge in [0.05, 0.1) is 10.6 Å². The number of nitrogens with zero attached hydrogens (tertiary/aromatic N) is 6. The van der Waals surface area contributed by atoms with Crippen LogP contribution in [0.3, 0.4) is 0 Å².